The topological polar surface area (TPSA) is 119 Å². The van der Waals surface area contributed by atoms with E-state index in [0.29, 0.717) is 24.3 Å². The van der Waals surface area contributed by atoms with Crippen LogP contribution in [0.1, 0.15) is 18.1 Å². The molecule has 1 saturated heterocycles. The third-order valence-corrected chi connectivity index (χ3v) is 8.63. The van der Waals surface area contributed by atoms with Crippen LogP contribution in [0.25, 0.3) is 5.76 Å². The van der Waals surface area contributed by atoms with E-state index in [1.807, 2.05) is 19.0 Å². The maximum Gasteiger partial charge on any atom is 0.296 e. The van der Waals surface area contributed by atoms with Crippen LogP contribution in [0.4, 0.5) is 5.69 Å². The van der Waals surface area contributed by atoms with Crippen molar-refractivity contribution in [3.8, 4) is 0 Å². The van der Waals surface area contributed by atoms with Crippen LogP contribution in [0.3, 0.4) is 0 Å². The van der Waals surface area contributed by atoms with E-state index in [1.54, 1.807) is 31.2 Å². The predicted molar refractivity (Wildman–Crippen MR) is 138 cm³/mol. The average molecular weight is 527 g/mol. The van der Waals surface area contributed by atoms with Crippen molar-refractivity contribution in [2.45, 2.75) is 17.4 Å². The summed E-state index contributed by atoms with van der Waals surface area (Å²) in [7, 11) is 2.71. The molecule has 0 aromatic heterocycles. The summed E-state index contributed by atoms with van der Waals surface area (Å²) < 4.78 is 26.0. The van der Waals surface area contributed by atoms with Crippen LogP contribution in [-0.4, -0.2) is 93.1 Å². The van der Waals surface area contributed by atoms with Crippen LogP contribution in [0, 0.1) is 0 Å². The van der Waals surface area contributed by atoms with Gasteiger partial charge in [-0.3, -0.25) is 14.4 Å². The van der Waals surface area contributed by atoms with E-state index in [2.05, 4.69) is 0 Å². The highest BCUT2D eigenvalue weighted by atomic mass is 32.2. The van der Waals surface area contributed by atoms with Gasteiger partial charge in [0.1, 0.15) is 5.76 Å². The molecule has 0 bridgehead atoms. The third kappa shape index (κ3) is 3.85. The first kappa shape index (κ1) is 26.5. The second-order valence-corrected chi connectivity index (χ2v) is 11.6. The van der Waals surface area contributed by atoms with Gasteiger partial charge in [0.25, 0.3) is 17.6 Å². The van der Waals surface area contributed by atoms with Crippen LogP contribution in [0.15, 0.2) is 59.0 Å². The first-order valence-corrected chi connectivity index (χ1v) is 13.2. The van der Waals surface area contributed by atoms with Crippen molar-refractivity contribution in [1.82, 2.24) is 14.1 Å². The van der Waals surface area contributed by atoms with Crippen molar-refractivity contribution < 1.29 is 27.9 Å². The van der Waals surface area contributed by atoms with Crippen LogP contribution >= 0.6 is 0 Å². The second kappa shape index (κ2) is 9.40. The van der Waals surface area contributed by atoms with E-state index in [1.165, 1.54) is 48.2 Å². The van der Waals surface area contributed by atoms with Crippen LogP contribution in [0.2, 0.25) is 0 Å². The summed E-state index contributed by atoms with van der Waals surface area (Å²) in [6, 6.07) is 12.3. The lowest BCUT2D eigenvalue weighted by molar-refractivity contribution is -0.143. The van der Waals surface area contributed by atoms with Gasteiger partial charge in [-0.25, -0.2) is 12.7 Å². The summed E-state index contributed by atoms with van der Waals surface area (Å²) in [6.07, 6.45) is 0. The van der Waals surface area contributed by atoms with Crippen molar-refractivity contribution in [2.75, 3.05) is 52.7 Å². The van der Waals surface area contributed by atoms with E-state index in [9.17, 15) is 27.9 Å². The van der Waals surface area contributed by atoms with Gasteiger partial charge < -0.3 is 19.8 Å². The number of likely N-dealkylation sites (N-methyl/N-ethyl adjacent to an activating group) is 2. The lowest BCUT2D eigenvalue weighted by Gasteiger charge is -2.35. The summed E-state index contributed by atoms with van der Waals surface area (Å²) >= 11 is 0. The Morgan fingerprint density at radius 3 is 2.16 bits per heavy atom. The molecule has 0 saturated carbocycles. The number of likely N-dealkylation sites (tertiary alicyclic amines) is 1. The van der Waals surface area contributed by atoms with Gasteiger partial charge in [-0.2, -0.15) is 0 Å². The van der Waals surface area contributed by atoms with Crippen LogP contribution < -0.4 is 4.90 Å². The molecule has 2 aliphatic rings. The number of carbonyl (C=O) groups is 3. The number of hydrogen-bond donors (Lipinski definition) is 1. The van der Waals surface area contributed by atoms with Gasteiger partial charge in [0.2, 0.25) is 10.0 Å². The Balaban J connectivity index is 1.98. The number of hydrogen-bond acceptors (Lipinski definition) is 7. The molecule has 1 N–H and O–H groups in total. The molecular weight excluding hydrogens is 496 g/mol. The number of carbonyl (C=O) groups excluding carboxylic acids is 3. The molecule has 11 heteroatoms. The number of rotatable bonds is 7. The molecule has 0 radical (unpaired) electrons. The fraction of sp³-hybridized carbons (Fsp3) is 0.346. The lowest BCUT2D eigenvalue weighted by atomic mass is 9.82. The van der Waals surface area contributed by atoms with E-state index in [0.717, 1.165) is 4.31 Å². The van der Waals surface area contributed by atoms with E-state index in [4.69, 9.17) is 0 Å². The molecule has 2 aromatic rings. The van der Waals surface area contributed by atoms with Gasteiger partial charge in [-0.1, -0.05) is 18.2 Å². The zero-order valence-electron chi connectivity index (χ0n) is 21.4. The largest absolute Gasteiger partial charge is 0.507 e. The van der Waals surface area contributed by atoms with Gasteiger partial charge in [-0.05, 0) is 51.4 Å². The molecule has 37 heavy (non-hydrogen) atoms. The highest BCUT2D eigenvalue weighted by Gasteiger charge is 2.66. The Bertz CT molecular complexity index is 1410. The van der Waals surface area contributed by atoms with Crippen molar-refractivity contribution in [3.05, 3.63) is 65.2 Å². The first-order valence-electron chi connectivity index (χ1n) is 11.8. The molecule has 4 rings (SSSR count). The number of amides is 2. The Kier molecular flexibility index (Phi) is 6.74. The van der Waals surface area contributed by atoms with E-state index < -0.39 is 38.9 Å². The smallest absolute Gasteiger partial charge is 0.296 e. The van der Waals surface area contributed by atoms with Crippen molar-refractivity contribution >= 4 is 39.1 Å². The number of sulfonamides is 1. The maximum absolute atomic E-state index is 14.1. The normalized spacial score (nSPS) is 21.1. The molecule has 10 nitrogen and oxygen atoms in total. The summed E-state index contributed by atoms with van der Waals surface area (Å²) in [6.45, 7) is 2.55. The molecule has 2 amide bonds. The van der Waals surface area contributed by atoms with E-state index in [-0.39, 0.29) is 22.6 Å². The first-order chi connectivity index (χ1) is 17.4. The Morgan fingerprint density at radius 1 is 0.973 bits per heavy atom. The molecular formula is C26H30N4O6S. The fourth-order valence-electron chi connectivity index (χ4n) is 4.92. The molecule has 1 atom stereocenters. The van der Waals surface area contributed by atoms with Gasteiger partial charge >= 0.3 is 0 Å². The Hall–Kier alpha value is -3.54. The Morgan fingerprint density at radius 2 is 1.59 bits per heavy atom. The van der Waals surface area contributed by atoms with E-state index >= 15 is 0 Å². The van der Waals surface area contributed by atoms with Gasteiger partial charge in [0.05, 0.1) is 16.2 Å². The minimum atomic E-state index is -3.72. The second-order valence-electron chi connectivity index (χ2n) is 9.40. The number of anilines is 1. The summed E-state index contributed by atoms with van der Waals surface area (Å²) in [4.78, 5) is 45.6. The number of aliphatic hydroxyl groups is 1. The monoisotopic (exact) mass is 526 g/mol. The third-order valence-electron chi connectivity index (χ3n) is 6.80. The number of para-hydroxylation sites is 1. The number of fused-ring (bicyclic) bond motifs is 2. The SMILES string of the molecule is CCN1C(=O)C2(/C(=C(\O)c3ccc(S(=O)(=O)N(C)C)cc3)C(=O)C(=O)N2CCN(C)C)c2ccccc21. The minimum Gasteiger partial charge on any atom is -0.507 e. The van der Waals surface area contributed by atoms with Crippen LogP contribution in [0.5, 0.6) is 0 Å². The highest BCUT2D eigenvalue weighted by Crippen LogP contribution is 2.53. The minimum absolute atomic E-state index is 0.00496. The molecule has 2 aromatic carbocycles. The average Bonchev–Trinajstić information content (AvgIpc) is 3.24. The predicted octanol–water partition coefficient (Wildman–Crippen LogP) is 1.44. The summed E-state index contributed by atoms with van der Waals surface area (Å²) in [5.41, 5.74) is -1.05. The molecule has 2 aliphatic heterocycles. The zero-order chi connectivity index (χ0) is 27.3. The van der Waals surface area contributed by atoms with Crippen molar-refractivity contribution in [3.63, 3.8) is 0 Å². The lowest BCUT2D eigenvalue weighted by Crippen LogP contribution is -2.53. The molecule has 0 aliphatic carbocycles. The molecule has 1 spiro atoms. The molecule has 2 heterocycles. The zero-order valence-corrected chi connectivity index (χ0v) is 22.2. The highest BCUT2D eigenvalue weighted by molar-refractivity contribution is 7.89. The number of aliphatic hydroxyl groups excluding tert-OH is 1. The standard InChI is InChI=1S/C26H30N4O6S/c1-6-29-20-10-8-7-9-19(20)26(25(29)34)21(23(32)24(33)30(26)16-15-27(2)3)22(31)17-11-13-18(14-12-17)37(35,36)28(4)5/h7-14,31H,6,15-16H2,1-5H3/b22-21-. The van der Waals surface area contributed by atoms with Crippen LogP contribution in [-0.2, 0) is 29.9 Å². The fourth-order valence-corrected chi connectivity index (χ4v) is 5.82. The van der Waals surface area contributed by atoms with Gasteiger partial charge in [-0.15, -0.1) is 0 Å². The molecule has 196 valence electrons. The summed E-state index contributed by atoms with van der Waals surface area (Å²) in [5, 5.41) is 11.5. The molecule has 1 fully saturated rings. The number of ketones is 1. The van der Waals surface area contributed by atoms with Gasteiger partial charge in [0.15, 0.2) is 5.54 Å². The number of nitrogens with zero attached hydrogens (tertiary/aromatic N) is 4. The maximum atomic E-state index is 14.1. The van der Waals surface area contributed by atoms with Crippen molar-refractivity contribution in [1.29, 1.82) is 0 Å². The van der Waals surface area contributed by atoms with Crippen molar-refractivity contribution in [2.24, 2.45) is 0 Å². The summed E-state index contributed by atoms with van der Waals surface area (Å²) in [5.74, 6) is -2.89. The Labute approximate surface area is 216 Å². The number of Topliss-reactive ketones (excluding diaryl/α,β-unsaturated/α-hetero) is 1. The number of benzene rings is 2. The molecule has 1 unspecified atom stereocenters. The van der Waals surface area contributed by atoms with Gasteiger partial charge in [0, 0.05) is 44.9 Å². The quantitative estimate of drug-likeness (QED) is 0.330.